The maximum atomic E-state index is 16.0. The lowest BCUT2D eigenvalue weighted by Gasteiger charge is -2.46. The zero-order chi connectivity index (χ0) is 23.6. The molecule has 2 atom stereocenters. The number of piperazine rings is 1. The van der Waals surface area contributed by atoms with Crippen LogP contribution >= 0.6 is 0 Å². The normalized spacial score (nSPS) is 19.6. The number of hydrogen-bond donors (Lipinski definition) is 2. The zero-order valence-electron chi connectivity index (χ0n) is 18.3. The molecule has 0 spiro atoms. The molecule has 3 aliphatic heterocycles. The molecule has 7 nitrogen and oxygen atoms in total. The fourth-order valence-electron chi connectivity index (χ4n) is 5.15. The van der Waals surface area contributed by atoms with Gasteiger partial charge in [-0.15, -0.1) is 16.6 Å². The van der Waals surface area contributed by atoms with E-state index < -0.39 is 11.6 Å². The summed E-state index contributed by atoms with van der Waals surface area (Å²) < 4.78 is 30.5. The molecule has 4 aromatic rings. The van der Waals surface area contributed by atoms with Crippen LogP contribution in [0, 0.1) is 30.9 Å². The van der Waals surface area contributed by atoms with E-state index in [0.29, 0.717) is 23.1 Å². The van der Waals surface area contributed by atoms with Crippen molar-refractivity contribution in [2.45, 2.75) is 31.8 Å². The van der Waals surface area contributed by atoms with Gasteiger partial charge in [0.15, 0.2) is 17.2 Å². The van der Waals surface area contributed by atoms with Gasteiger partial charge in [0.05, 0.1) is 5.56 Å². The van der Waals surface area contributed by atoms with E-state index in [0.717, 1.165) is 25.9 Å². The fourth-order valence-corrected chi connectivity index (χ4v) is 5.15. The summed E-state index contributed by atoms with van der Waals surface area (Å²) in [5.74, 6) is 1.83. The van der Waals surface area contributed by atoms with E-state index in [1.54, 1.807) is 6.92 Å². The van der Waals surface area contributed by atoms with Crippen molar-refractivity contribution in [2.24, 2.45) is 0 Å². The minimum atomic E-state index is -0.726. The molecule has 34 heavy (non-hydrogen) atoms. The summed E-state index contributed by atoms with van der Waals surface area (Å²) in [5, 5.41) is 23.0. The number of nitrogens with one attached hydrogen (secondary N) is 1. The second kappa shape index (κ2) is 7.57. The first-order valence-electron chi connectivity index (χ1n) is 11.1. The molecule has 5 heterocycles. The van der Waals surface area contributed by atoms with Gasteiger partial charge < -0.3 is 15.3 Å². The summed E-state index contributed by atoms with van der Waals surface area (Å²) in [5.41, 5.74) is 0.240. The molecule has 3 fully saturated rings. The molecule has 0 saturated carbocycles. The van der Waals surface area contributed by atoms with E-state index in [-0.39, 0.29) is 45.0 Å². The van der Waals surface area contributed by atoms with Crippen molar-refractivity contribution in [1.82, 2.24) is 25.5 Å². The summed E-state index contributed by atoms with van der Waals surface area (Å²) in [6, 6.07) is 6.03. The molecule has 2 bridgehead atoms. The Morgan fingerprint density at radius 2 is 2.00 bits per heavy atom. The van der Waals surface area contributed by atoms with Crippen molar-refractivity contribution in [3.63, 3.8) is 0 Å². The van der Waals surface area contributed by atoms with E-state index in [2.05, 4.69) is 36.3 Å². The molecule has 9 heteroatoms. The van der Waals surface area contributed by atoms with Crippen LogP contribution in [0.3, 0.4) is 0 Å². The summed E-state index contributed by atoms with van der Waals surface area (Å²) in [4.78, 5) is 11.1. The molecule has 3 saturated heterocycles. The third kappa shape index (κ3) is 3.06. The van der Waals surface area contributed by atoms with Gasteiger partial charge in [0.1, 0.15) is 28.6 Å². The molecule has 3 aliphatic rings. The van der Waals surface area contributed by atoms with Gasteiger partial charge in [-0.1, -0.05) is 12.0 Å². The minimum absolute atomic E-state index is 0.0251. The monoisotopic (exact) mass is 458 g/mol. The Kier molecular flexibility index (Phi) is 4.61. The van der Waals surface area contributed by atoms with Gasteiger partial charge in [0, 0.05) is 36.1 Å². The van der Waals surface area contributed by atoms with Crippen LogP contribution in [-0.2, 0) is 0 Å². The van der Waals surface area contributed by atoms with Crippen molar-refractivity contribution < 1.29 is 13.9 Å². The topological polar surface area (TPSA) is 87.1 Å². The highest BCUT2D eigenvalue weighted by Crippen LogP contribution is 2.38. The van der Waals surface area contributed by atoms with E-state index >= 15 is 4.39 Å². The Morgan fingerprint density at radius 1 is 1.15 bits per heavy atom. The Balaban J connectivity index is 1.60. The molecule has 170 valence electrons. The number of halogens is 2. The van der Waals surface area contributed by atoms with E-state index in [9.17, 15) is 9.50 Å². The molecular weight excluding hydrogens is 438 g/mol. The maximum Gasteiger partial charge on any atom is 0.179 e. The van der Waals surface area contributed by atoms with Gasteiger partial charge in [-0.3, -0.25) is 0 Å². The lowest BCUT2D eigenvalue weighted by atomic mass is 9.93. The number of anilines is 1. The third-order valence-electron chi connectivity index (χ3n) is 6.71. The third-order valence-corrected chi connectivity index (χ3v) is 6.71. The number of aromatic hydroxyl groups is 1. The number of piperidine rings is 2. The first-order chi connectivity index (χ1) is 16.4. The van der Waals surface area contributed by atoms with E-state index in [1.165, 1.54) is 24.3 Å². The van der Waals surface area contributed by atoms with Gasteiger partial charge in [0.25, 0.3) is 0 Å². The van der Waals surface area contributed by atoms with Crippen LogP contribution in [0.5, 0.6) is 5.75 Å². The molecule has 0 amide bonds. The number of nitrogens with zero attached hydrogens (tertiary/aromatic N) is 5. The highest BCUT2D eigenvalue weighted by Gasteiger charge is 2.36. The molecule has 2 N–H and O–H groups in total. The molecule has 2 aromatic heterocycles. The van der Waals surface area contributed by atoms with Crippen molar-refractivity contribution in [1.29, 1.82) is 0 Å². The van der Waals surface area contributed by atoms with Crippen molar-refractivity contribution in [3.05, 3.63) is 47.3 Å². The van der Waals surface area contributed by atoms with Crippen LogP contribution in [0.15, 0.2) is 24.3 Å². The Bertz CT molecular complexity index is 1520. The van der Waals surface area contributed by atoms with Gasteiger partial charge in [0.2, 0.25) is 0 Å². The second-order valence-corrected chi connectivity index (χ2v) is 8.80. The quantitative estimate of drug-likeness (QED) is 0.445. The smallest absolute Gasteiger partial charge is 0.179 e. The number of aryl methyl sites for hydroxylation is 1. The summed E-state index contributed by atoms with van der Waals surface area (Å²) >= 11 is 0. The van der Waals surface area contributed by atoms with Crippen molar-refractivity contribution in [2.75, 3.05) is 18.0 Å². The lowest BCUT2D eigenvalue weighted by molar-refractivity contribution is 0.289. The largest absolute Gasteiger partial charge is 0.508 e. The van der Waals surface area contributed by atoms with E-state index in [4.69, 9.17) is 6.42 Å². The first kappa shape index (κ1) is 20.7. The number of phenolic OH excluding ortho intramolecular Hbond substituents is 1. The number of hydrogen-bond acceptors (Lipinski definition) is 7. The zero-order valence-corrected chi connectivity index (χ0v) is 18.3. The number of fused-ring (bicyclic) bond motifs is 5. The highest BCUT2D eigenvalue weighted by atomic mass is 19.1. The molecular formula is C25H20F2N6O. The van der Waals surface area contributed by atoms with Crippen LogP contribution < -0.4 is 10.2 Å². The summed E-state index contributed by atoms with van der Waals surface area (Å²) in [6.45, 7) is 3.29. The average molecular weight is 458 g/mol. The van der Waals surface area contributed by atoms with Crippen molar-refractivity contribution in [3.8, 4) is 29.4 Å². The second-order valence-electron chi connectivity index (χ2n) is 8.80. The number of aromatic nitrogens is 4. The van der Waals surface area contributed by atoms with Gasteiger partial charge in [-0.2, -0.15) is 0 Å². The van der Waals surface area contributed by atoms with Crippen LogP contribution in [0.25, 0.3) is 33.1 Å². The Hall–Kier alpha value is -3.90. The standard InChI is InChI=1S/C25H20F2N6O/c1-3-17-19(26)7-4-13-8-16(34)9-18(20(13)17)22-21(27)23-24(32-31-22)25(30-12(2)29-23)33-11-14-5-6-15(33)10-28-14/h1,4,7-9,14-15,28,34H,5-6,10-11H2,2H3/t14-,15-/m1/s1. The molecule has 2 aromatic carbocycles. The lowest BCUT2D eigenvalue weighted by Crippen LogP contribution is -2.61. The number of terminal acetylenes is 1. The Labute approximate surface area is 193 Å². The molecule has 0 unspecified atom stereocenters. The Morgan fingerprint density at radius 3 is 2.71 bits per heavy atom. The van der Waals surface area contributed by atoms with Crippen LogP contribution in [0.4, 0.5) is 14.6 Å². The number of benzene rings is 2. The van der Waals surface area contributed by atoms with E-state index in [1.807, 2.05) is 0 Å². The van der Waals surface area contributed by atoms with Crippen LogP contribution in [0.1, 0.15) is 24.2 Å². The minimum Gasteiger partial charge on any atom is -0.508 e. The van der Waals surface area contributed by atoms with Gasteiger partial charge >= 0.3 is 0 Å². The van der Waals surface area contributed by atoms with Gasteiger partial charge in [-0.25, -0.2) is 18.7 Å². The summed E-state index contributed by atoms with van der Waals surface area (Å²) in [6.07, 6.45) is 7.68. The van der Waals surface area contributed by atoms with Gasteiger partial charge in [-0.05, 0) is 43.4 Å². The highest BCUT2D eigenvalue weighted by molar-refractivity contribution is 6.02. The summed E-state index contributed by atoms with van der Waals surface area (Å²) in [7, 11) is 0. The molecule has 7 rings (SSSR count). The fraction of sp³-hybridized carbons (Fsp3) is 0.280. The maximum absolute atomic E-state index is 16.0. The molecule has 0 radical (unpaired) electrons. The van der Waals surface area contributed by atoms with Crippen LogP contribution in [0.2, 0.25) is 0 Å². The van der Waals surface area contributed by atoms with Crippen molar-refractivity contribution >= 4 is 27.6 Å². The number of rotatable bonds is 2. The first-order valence-corrected chi connectivity index (χ1v) is 11.1. The predicted molar refractivity (Wildman–Crippen MR) is 124 cm³/mol. The number of phenols is 1. The van der Waals surface area contributed by atoms with Crippen LogP contribution in [-0.4, -0.2) is 50.4 Å². The predicted octanol–water partition coefficient (Wildman–Crippen LogP) is 3.45. The molecule has 0 aliphatic carbocycles. The SMILES string of the molecule is C#Cc1c(F)ccc2cc(O)cc(-c3nnc4c(N5C[C@H]6CC[C@@H]5CN6)nc(C)nc4c3F)c12. The average Bonchev–Trinajstić information content (AvgIpc) is 2.84.